The Labute approximate surface area is 123 Å². The van der Waals surface area contributed by atoms with Crippen LogP contribution in [0.25, 0.3) is 0 Å². The summed E-state index contributed by atoms with van der Waals surface area (Å²) in [4.78, 5) is 10.3. The van der Waals surface area contributed by atoms with E-state index in [1.54, 1.807) is 54.6 Å². The molecule has 6 heteroatoms. The predicted molar refractivity (Wildman–Crippen MR) is 81.0 cm³/mol. The summed E-state index contributed by atoms with van der Waals surface area (Å²) in [6.45, 7) is 0. The normalized spacial score (nSPS) is 15.5. The second-order valence-corrected chi connectivity index (χ2v) is 6.36. The molecule has 0 bridgehead atoms. The Morgan fingerprint density at radius 1 is 1.10 bits per heavy atom. The van der Waals surface area contributed by atoms with Crippen molar-refractivity contribution in [2.24, 2.45) is 5.16 Å². The van der Waals surface area contributed by atoms with E-state index in [4.69, 9.17) is 9.73 Å². The van der Waals surface area contributed by atoms with Gasteiger partial charge in [0.2, 0.25) is 0 Å². The van der Waals surface area contributed by atoms with Crippen molar-refractivity contribution in [2.45, 2.75) is 12.1 Å². The number of hydrogen-bond acceptors (Lipinski definition) is 4. The maximum Gasteiger partial charge on any atom is 0.384 e. The predicted octanol–water partition coefficient (Wildman–Crippen LogP) is 3.84. The summed E-state index contributed by atoms with van der Waals surface area (Å²) in [5.41, 5.74) is -0.144. The maximum atomic E-state index is 12.6. The Balaban J connectivity index is 2.28. The zero-order valence-corrected chi connectivity index (χ0v) is 12.1. The van der Waals surface area contributed by atoms with Gasteiger partial charge in [0.05, 0.1) is 0 Å². The first-order chi connectivity index (χ1) is 10.1. The number of nitrogens with zero attached hydrogens (tertiary/aromatic N) is 1. The lowest BCUT2D eigenvalue weighted by molar-refractivity contribution is 0.320. The maximum absolute atomic E-state index is 12.6. The Morgan fingerprint density at radius 2 is 1.67 bits per heavy atom. The standard InChI is InChI=1S/C15H16NO4P/c17-16-12-11-15(13-7-3-1-4-8-13)21(18,19)20-14-9-5-2-6-10-14/h1-10,12,15,17H,11H2,(H,18,19). The fourth-order valence-corrected chi connectivity index (χ4v) is 3.44. The van der Waals surface area contributed by atoms with Crippen LogP contribution in [-0.4, -0.2) is 16.3 Å². The summed E-state index contributed by atoms with van der Waals surface area (Å²) in [5, 5.41) is 11.5. The molecule has 2 unspecified atom stereocenters. The van der Waals surface area contributed by atoms with E-state index < -0.39 is 13.3 Å². The lowest BCUT2D eigenvalue weighted by Crippen LogP contribution is -2.06. The summed E-state index contributed by atoms with van der Waals surface area (Å²) in [7, 11) is -3.98. The monoisotopic (exact) mass is 305 g/mol. The molecule has 0 radical (unpaired) electrons. The molecule has 0 fully saturated rings. The average molecular weight is 305 g/mol. The SMILES string of the molecule is O=P(O)(Oc1ccccc1)C(CC=NO)c1ccccc1. The molecule has 0 heterocycles. The summed E-state index contributed by atoms with van der Waals surface area (Å²) in [6, 6.07) is 17.3. The molecule has 2 N–H and O–H groups in total. The van der Waals surface area contributed by atoms with Gasteiger partial charge < -0.3 is 14.6 Å². The van der Waals surface area contributed by atoms with Gasteiger partial charge in [0.15, 0.2) is 0 Å². The minimum Gasteiger partial charge on any atom is -0.424 e. The number of para-hydroxylation sites is 1. The molecule has 110 valence electrons. The summed E-state index contributed by atoms with van der Waals surface area (Å²) in [6.07, 6.45) is 1.29. The molecule has 2 aromatic carbocycles. The van der Waals surface area contributed by atoms with Gasteiger partial charge >= 0.3 is 7.60 Å². The smallest absolute Gasteiger partial charge is 0.384 e. The van der Waals surface area contributed by atoms with Gasteiger partial charge in [-0.05, 0) is 17.7 Å². The second-order valence-electron chi connectivity index (χ2n) is 4.43. The highest BCUT2D eigenvalue weighted by Gasteiger charge is 2.34. The largest absolute Gasteiger partial charge is 0.424 e. The molecule has 2 rings (SSSR count). The molecule has 21 heavy (non-hydrogen) atoms. The number of hydrogen-bond donors (Lipinski definition) is 2. The van der Waals surface area contributed by atoms with E-state index in [9.17, 15) is 9.46 Å². The van der Waals surface area contributed by atoms with Crippen molar-refractivity contribution in [3.63, 3.8) is 0 Å². The first-order valence-electron chi connectivity index (χ1n) is 6.41. The van der Waals surface area contributed by atoms with Crippen LogP contribution in [0, 0.1) is 0 Å². The molecule has 0 saturated heterocycles. The molecule has 0 saturated carbocycles. The van der Waals surface area contributed by atoms with Crippen LogP contribution in [0.4, 0.5) is 0 Å². The van der Waals surface area contributed by atoms with Crippen LogP contribution < -0.4 is 4.52 Å². The third-order valence-electron chi connectivity index (χ3n) is 2.97. The van der Waals surface area contributed by atoms with Crippen molar-refractivity contribution < 1.29 is 19.2 Å². The van der Waals surface area contributed by atoms with Crippen LogP contribution in [0.3, 0.4) is 0 Å². The third-order valence-corrected chi connectivity index (χ3v) is 4.74. The van der Waals surface area contributed by atoms with Crippen LogP contribution in [0.1, 0.15) is 17.6 Å². The van der Waals surface area contributed by atoms with Crippen LogP contribution >= 0.6 is 7.60 Å². The highest BCUT2D eigenvalue weighted by atomic mass is 31.2. The van der Waals surface area contributed by atoms with Gasteiger partial charge in [-0.2, -0.15) is 0 Å². The fraction of sp³-hybridized carbons (Fsp3) is 0.133. The zero-order chi connectivity index (χ0) is 15.1. The fourth-order valence-electron chi connectivity index (χ4n) is 1.98. The molecule has 0 aliphatic heterocycles. The van der Waals surface area contributed by atoms with E-state index in [1.807, 2.05) is 6.07 Å². The molecule has 0 aliphatic rings. The second kappa shape index (κ2) is 7.07. The van der Waals surface area contributed by atoms with Gasteiger partial charge in [-0.15, -0.1) is 5.16 Å². The Bertz CT molecular complexity index is 631. The van der Waals surface area contributed by atoms with E-state index in [0.29, 0.717) is 11.3 Å². The quantitative estimate of drug-likeness (QED) is 0.368. The molecule has 0 aliphatic carbocycles. The Hall–Kier alpha value is -2.10. The molecule has 2 aromatic rings. The zero-order valence-electron chi connectivity index (χ0n) is 11.2. The minimum atomic E-state index is -3.98. The van der Waals surface area contributed by atoms with Gasteiger partial charge in [-0.25, -0.2) is 4.57 Å². The van der Waals surface area contributed by atoms with Gasteiger partial charge in [-0.1, -0.05) is 48.5 Å². The summed E-state index contributed by atoms with van der Waals surface area (Å²) < 4.78 is 17.9. The van der Waals surface area contributed by atoms with Crippen LogP contribution in [-0.2, 0) is 4.57 Å². The minimum absolute atomic E-state index is 0.0983. The average Bonchev–Trinajstić information content (AvgIpc) is 2.49. The van der Waals surface area contributed by atoms with E-state index in [1.165, 1.54) is 6.21 Å². The first-order valence-corrected chi connectivity index (χ1v) is 8.06. The van der Waals surface area contributed by atoms with Gasteiger partial charge in [-0.3, -0.25) is 0 Å². The molecular weight excluding hydrogens is 289 g/mol. The highest BCUT2D eigenvalue weighted by molar-refractivity contribution is 7.53. The first kappa shape index (κ1) is 15.3. The van der Waals surface area contributed by atoms with Crippen molar-refractivity contribution >= 4 is 13.8 Å². The molecular formula is C15H16NO4P. The van der Waals surface area contributed by atoms with Crippen molar-refractivity contribution in [1.82, 2.24) is 0 Å². The third kappa shape index (κ3) is 4.18. The lowest BCUT2D eigenvalue weighted by Gasteiger charge is -2.22. The van der Waals surface area contributed by atoms with E-state index in [2.05, 4.69) is 5.16 Å². The lowest BCUT2D eigenvalue weighted by atomic mass is 10.1. The number of benzene rings is 2. The van der Waals surface area contributed by atoms with Crippen LogP contribution in [0.5, 0.6) is 5.75 Å². The van der Waals surface area contributed by atoms with Gasteiger partial charge in [0.1, 0.15) is 11.4 Å². The van der Waals surface area contributed by atoms with Crippen molar-refractivity contribution in [3.05, 3.63) is 66.2 Å². The van der Waals surface area contributed by atoms with Gasteiger partial charge in [0.25, 0.3) is 0 Å². The molecule has 2 atom stereocenters. The van der Waals surface area contributed by atoms with E-state index in [-0.39, 0.29) is 6.42 Å². The van der Waals surface area contributed by atoms with Crippen molar-refractivity contribution in [1.29, 1.82) is 0 Å². The van der Waals surface area contributed by atoms with E-state index >= 15 is 0 Å². The van der Waals surface area contributed by atoms with Crippen molar-refractivity contribution in [3.8, 4) is 5.75 Å². The molecule has 0 amide bonds. The summed E-state index contributed by atoms with van der Waals surface area (Å²) in [5.74, 6) is 0.324. The molecule has 0 aromatic heterocycles. The van der Waals surface area contributed by atoms with Crippen LogP contribution in [0.15, 0.2) is 65.8 Å². The molecule has 0 spiro atoms. The number of rotatable bonds is 6. The Morgan fingerprint density at radius 3 is 2.24 bits per heavy atom. The van der Waals surface area contributed by atoms with Crippen molar-refractivity contribution in [2.75, 3.05) is 0 Å². The van der Waals surface area contributed by atoms with Gasteiger partial charge in [0, 0.05) is 12.6 Å². The Kier molecular flexibility index (Phi) is 5.14. The number of oxime groups is 1. The van der Waals surface area contributed by atoms with Crippen LogP contribution in [0.2, 0.25) is 0 Å². The summed E-state index contributed by atoms with van der Waals surface area (Å²) >= 11 is 0. The van der Waals surface area contributed by atoms with E-state index in [0.717, 1.165) is 0 Å². The molecule has 5 nitrogen and oxygen atoms in total. The topological polar surface area (TPSA) is 79.1 Å². The highest BCUT2D eigenvalue weighted by Crippen LogP contribution is 2.57.